The lowest BCUT2D eigenvalue weighted by molar-refractivity contribution is 0.178. The summed E-state index contributed by atoms with van der Waals surface area (Å²) in [5.74, 6) is 0. The summed E-state index contributed by atoms with van der Waals surface area (Å²) in [6.07, 6.45) is 2.76. The van der Waals surface area contributed by atoms with Crippen LogP contribution in [0.25, 0.3) is 0 Å². The molecule has 1 aliphatic carbocycles. The maximum Gasteiger partial charge on any atom is 0.0334 e. The van der Waals surface area contributed by atoms with Crippen molar-refractivity contribution in [3.8, 4) is 0 Å². The number of nitrogens with zero attached hydrogens (tertiary/aromatic N) is 1. The lowest BCUT2D eigenvalue weighted by Gasteiger charge is -2.32. The Morgan fingerprint density at radius 1 is 1.44 bits per heavy atom. The molecule has 2 rings (SSSR count). The maximum absolute atomic E-state index is 3.63. The first-order valence-electron chi connectivity index (χ1n) is 6.99. The molecule has 1 saturated carbocycles. The molecule has 1 aromatic heterocycles. The van der Waals surface area contributed by atoms with E-state index in [4.69, 9.17) is 0 Å². The van der Waals surface area contributed by atoms with Crippen LogP contribution in [0.5, 0.6) is 0 Å². The molecule has 1 fully saturated rings. The van der Waals surface area contributed by atoms with Crippen LogP contribution in [0.2, 0.25) is 0 Å². The molecule has 18 heavy (non-hydrogen) atoms. The Bertz CT molecular complexity index is 349. The van der Waals surface area contributed by atoms with Crippen LogP contribution in [-0.2, 0) is 6.54 Å². The van der Waals surface area contributed by atoms with E-state index < -0.39 is 0 Å². The Labute approximate surface area is 115 Å². The van der Waals surface area contributed by atoms with E-state index in [-0.39, 0.29) is 5.54 Å². The van der Waals surface area contributed by atoms with Crippen molar-refractivity contribution < 1.29 is 0 Å². The van der Waals surface area contributed by atoms with Crippen LogP contribution >= 0.6 is 11.3 Å². The zero-order valence-corrected chi connectivity index (χ0v) is 12.9. The van der Waals surface area contributed by atoms with Crippen molar-refractivity contribution >= 4 is 11.3 Å². The van der Waals surface area contributed by atoms with Gasteiger partial charge in [0.15, 0.2) is 0 Å². The third kappa shape index (κ3) is 4.38. The summed E-state index contributed by atoms with van der Waals surface area (Å²) in [6.45, 7) is 11.3. The van der Waals surface area contributed by atoms with Crippen LogP contribution in [0.4, 0.5) is 0 Å². The van der Waals surface area contributed by atoms with Gasteiger partial charge in [0.1, 0.15) is 0 Å². The Morgan fingerprint density at radius 3 is 2.67 bits per heavy atom. The van der Waals surface area contributed by atoms with E-state index in [9.17, 15) is 0 Å². The first kappa shape index (κ1) is 14.0. The molecule has 1 N–H and O–H groups in total. The van der Waals surface area contributed by atoms with Gasteiger partial charge in [-0.25, -0.2) is 0 Å². The van der Waals surface area contributed by atoms with Crippen LogP contribution in [0.1, 0.15) is 45.4 Å². The van der Waals surface area contributed by atoms with E-state index in [1.807, 2.05) is 11.3 Å². The van der Waals surface area contributed by atoms with E-state index >= 15 is 0 Å². The van der Waals surface area contributed by atoms with E-state index in [1.165, 1.54) is 17.7 Å². The van der Waals surface area contributed by atoms with Crippen molar-refractivity contribution in [2.24, 2.45) is 0 Å². The fourth-order valence-electron chi connectivity index (χ4n) is 2.20. The fraction of sp³-hybridized carbons (Fsp3) is 0.733. The van der Waals surface area contributed by atoms with Crippen LogP contribution in [-0.4, -0.2) is 29.1 Å². The highest BCUT2D eigenvalue weighted by molar-refractivity contribution is 7.09. The number of thiophene rings is 1. The molecule has 1 aliphatic rings. The standard InChI is InChI=1S/C15H26N2S/c1-12(10-16-15(2,3)4)17(13-7-8-13)11-14-6-5-9-18-14/h5-6,9,12-13,16H,7-8,10-11H2,1-4H3. The van der Waals surface area contributed by atoms with Crippen LogP contribution in [0.3, 0.4) is 0 Å². The van der Waals surface area contributed by atoms with Crippen molar-refractivity contribution in [2.75, 3.05) is 6.54 Å². The number of hydrogen-bond acceptors (Lipinski definition) is 3. The Kier molecular flexibility index (Phi) is 4.46. The zero-order chi connectivity index (χ0) is 13.2. The predicted molar refractivity (Wildman–Crippen MR) is 80.1 cm³/mol. The summed E-state index contributed by atoms with van der Waals surface area (Å²) >= 11 is 1.88. The van der Waals surface area contributed by atoms with Crippen molar-refractivity contribution in [2.45, 2.75) is 64.7 Å². The summed E-state index contributed by atoms with van der Waals surface area (Å²) < 4.78 is 0. The molecule has 0 aromatic carbocycles. The van der Waals surface area contributed by atoms with Gasteiger partial charge in [-0.15, -0.1) is 11.3 Å². The summed E-state index contributed by atoms with van der Waals surface area (Å²) in [6, 6.07) is 5.84. The van der Waals surface area contributed by atoms with E-state index in [0.29, 0.717) is 6.04 Å². The molecule has 102 valence electrons. The molecule has 1 unspecified atom stereocenters. The van der Waals surface area contributed by atoms with Gasteiger partial charge in [0.2, 0.25) is 0 Å². The minimum atomic E-state index is 0.215. The molecule has 1 aromatic rings. The second kappa shape index (κ2) is 5.72. The third-order valence-corrected chi connectivity index (χ3v) is 4.29. The van der Waals surface area contributed by atoms with Gasteiger partial charge >= 0.3 is 0 Å². The van der Waals surface area contributed by atoms with Crippen molar-refractivity contribution in [3.63, 3.8) is 0 Å². The first-order valence-corrected chi connectivity index (χ1v) is 7.87. The van der Waals surface area contributed by atoms with Crippen LogP contribution < -0.4 is 5.32 Å². The molecule has 3 heteroatoms. The minimum absolute atomic E-state index is 0.215. The number of rotatable bonds is 6. The normalized spacial score (nSPS) is 18.3. The van der Waals surface area contributed by atoms with Crippen LogP contribution in [0, 0.1) is 0 Å². The number of nitrogens with one attached hydrogen (secondary N) is 1. The Morgan fingerprint density at radius 2 is 2.17 bits per heavy atom. The van der Waals surface area contributed by atoms with Crippen molar-refractivity contribution in [1.82, 2.24) is 10.2 Å². The first-order chi connectivity index (χ1) is 8.46. The highest BCUT2D eigenvalue weighted by Gasteiger charge is 2.32. The van der Waals surface area contributed by atoms with Gasteiger partial charge in [-0.05, 0) is 52.0 Å². The van der Waals surface area contributed by atoms with E-state index in [2.05, 4.69) is 55.4 Å². The summed E-state index contributed by atoms with van der Waals surface area (Å²) in [4.78, 5) is 4.16. The predicted octanol–water partition coefficient (Wildman–Crippen LogP) is 3.49. The molecule has 0 amide bonds. The van der Waals surface area contributed by atoms with E-state index in [0.717, 1.165) is 19.1 Å². The Balaban J connectivity index is 1.89. The molecule has 2 nitrogen and oxygen atoms in total. The maximum atomic E-state index is 3.63. The summed E-state index contributed by atoms with van der Waals surface area (Å²) in [5.41, 5.74) is 0.215. The van der Waals surface area contributed by atoms with Gasteiger partial charge < -0.3 is 5.32 Å². The Hall–Kier alpha value is -0.380. The number of hydrogen-bond donors (Lipinski definition) is 1. The largest absolute Gasteiger partial charge is 0.311 e. The minimum Gasteiger partial charge on any atom is -0.311 e. The van der Waals surface area contributed by atoms with Gasteiger partial charge in [0.25, 0.3) is 0 Å². The summed E-state index contributed by atoms with van der Waals surface area (Å²) in [5, 5.41) is 5.81. The van der Waals surface area contributed by atoms with Gasteiger partial charge in [-0.3, -0.25) is 4.90 Å². The molecule has 0 aliphatic heterocycles. The fourth-order valence-corrected chi connectivity index (χ4v) is 2.92. The molecule has 0 bridgehead atoms. The molecular weight excluding hydrogens is 240 g/mol. The smallest absolute Gasteiger partial charge is 0.0334 e. The SMILES string of the molecule is CC(CNC(C)(C)C)N(Cc1cccs1)C1CC1. The lowest BCUT2D eigenvalue weighted by atomic mass is 10.1. The topological polar surface area (TPSA) is 15.3 Å². The second-order valence-electron chi connectivity index (χ2n) is 6.46. The average molecular weight is 266 g/mol. The highest BCUT2D eigenvalue weighted by Crippen LogP contribution is 2.30. The molecule has 0 spiro atoms. The van der Waals surface area contributed by atoms with Gasteiger partial charge in [-0.2, -0.15) is 0 Å². The van der Waals surface area contributed by atoms with Crippen molar-refractivity contribution in [1.29, 1.82) is 0 Å². The highest BCUT2D eigenvalue weighted by atomic mass is 32.1. The quantitative estimate of drug-likeness (QED) is 0.848. The van der Waals surface area contributed by atoms with Gasteiger partial charge in [0, 0.05) is 35.6 Å². The molecule has 0 saturated heterocycles. The molecule has 0 radical (unpaired) electrons. The van der Waals surface area contributed by atoms with Gasteiger partial charge in [-0.1, -0.05) is 6.07 Å². The molecule has 1 heterocycles. The van der Waals surface area contributed by atoms with E-state index in [1.54, 1.807) is 0 Å². The monoisotopic (exact) mass is 266 g/mol. The second-order valence-corrected chi connectivity index (χ2v) is 7.50. The van der Waals surface area contributed by atoms with Crippen molar-refractivity contribution in [3.05, 3.63) is 22.4 Å². The molecule has 1 atom stereocenters. The zero-order valence-electron chi connectivity index (χ0n) is 12.1. The average Bonchev–Trinajstić information content (AvgIpc) is 2.99. The van der Waals surface area contributed by atoms with Gasteiger partial charge in [0.05, 0.1) is 0 Å². The van der Waals surface area contributed by atoms with Crippen LogP contribution in [0.15, 0.2) is 17.5 Å². The summed E-state index contributed by atoms with van der Waals surface area (Å²) in [7, 11) is 0. The third-order valence-electron chi connectivity index (χ3n) is 3.43. The lowest BCUT2D eigenvalue weighted by Crippen LogP contribution is -2.46. The molecular formula is C15H26N2S.